The highest BCUT2D eigenvalue weighted by Crippen LogP contribution is 2.15. The monoisotopic (exact) mass is 314 g/mol. The fourth-order valence-electron chi connectivity index (χ4n) is 1.91. The third kappa shape index (κ3) is 4.08. The molecule has 21 heavy (non-hydrogen) atoms. The fourth-order valence-corrected chi connectivity index (χ4v) is 2.93. The van der Waals surface area contributed by atoms with Crippen LogP contribution in [0.1, 0.15) is 6.92 Å². The van der Waals surface area contributed by atoms with Gasteiger partial charge in [-0.25, -0.2) is 17.9 Å². The zero-order valence-corrected chi connectivity index (χ0v) is 12.6. The second kappa shape index (κ2) is 6.77. The minimum atomic E-state index is -3.59. The Morgan fingerprint density at radius 3 is 2.62 bits per heavy atom. The van der Waals surface area contributed by atoms with Crippen molar-refractivity contribution >= 4 is 16.1 Å². The number of hydrogen-bond donors (Lipinski definition) is 1. The Bertz CT molecular complexity index is 585. The highest BCUT2D eigenvalue weighted by Gasteiger charge is 2.22. The number of hydrogen-bond acceptors (Lipinski definition) is 5. The third-order valence-electron chi connectivity index (χ3n) is 2.96. The molecule has 0 aromatic heterocycles. The van der Waals surface area contributed by atoms with Gasteiger partial charge in [-0.2, -0.15) is 0 Å². The molecule has 1 saturated heterocycles. The molecule has 0 radical (unpaired) electrons. The number of amides is 1. The molecule has 0 unspecified atom stereocenters. The first-order valence-electron chi connectivity index (χ1n) is 6.67. The third-order valence-corrected chi connectivity index (χ3v) is 4.44. The predicted molar refractivity (Wildman–Crippen MR) is 75.7 cm³/mol. The summed E-state index contributed by atoms with van der Waals surface area (Å²) in [6.07, 6.45) is -0.407. The molecule has 1 amide bonds. The number of carbonyl (C=O) groups excluding carboxylic acids is 1. The van der Waals surface area contributed by atoms with E-state index < -0.39 is 16.1 Å². The van der Waals surface area contributed by atoms with Crippen molar-refractivity contribution in [2.75, 3.05) is 32.8 Å². The molecule has 1 N–H and O–H groups in total. The van der Waals surface area contributed by atoms with Crippen molar-refractivity contribution in [3.05, 3.63) is 24.3 Å². The van der Waals surface area contributed by atoms with Gasteiger partial charge in [0.1, 0.15) is 12.4 Å². The van der Waals surface area contributed by atoms with Crippen LogP contribution in [0.3, 0.4) is 0 Å². The van der Waals surface area contributed by atoms with Crippen molar-refractivity contribution in [3.8, 4) is 5.75 Å². The molecule has 1 aliphatic rings. The summed E-state index contributed by atoms with van der Waals surface area (Å²) in [5, 5.41) is 0. The number of sulfonamides is 1. The number of benzene rings is 1. The zero-order valence-electron chi connectivity index (χ0n) is 11.7. The Kier molecular flexibility index (Phi) is 5.03. The number of carbonyl (C=O) groups is 1. The molecule has 1 aliphatic heterocycles. The normalized spacial score (nSPS) is 15.1. The van der Waals surface area contributed by atoms with E-state index in [1.165, 1.54) is 17.0 Å². The molecule has 1 heterocycles. The smallest absolute Gasteiger partial charge is 0.409 e. The van der Waals surface area contributed by atoms with Crippen molar-refractivity contribution in [3.63, 3.8) is 0 Å². The molecule has 1 aromatic carbocycles. The van der Waals surface area contributed by atoms with Gasteiger partial charge in [0.05, 0.1) is 18.0 Å². The highest BCUT2D eigenvalue weighted by molar-refractivity contribution is 7.89. The van der Waals surface area contributed by atoms with Crippen molar-refractivity contribution in [1.29, 1.82) is 0 Å². The topological polar surface area (TPSA) is 84.9 Å². The number of nitrogens with one attached hydrogen (secondary N) is 1. The molecule has 0 aliphatic carbocycles. The summed E-state index contributed by atoms with van der Waals surface area (Å²) >= 11 is 0. The van der Waals surface area contributed by atoms with Crippen molar-refractivity contribution in [1.82, 2.24) is 9.62 Å². The molecule has 1 fully saturated rings. The van der Waals surface area contributed by atoms with Crippen LogP contribution in [0.2, 0.25) is 0 Å². The maximum atomic E-state index is 12.1. The van der Waals surface area contributed by atoms with Gasteiger partial charge in [-0.15, -0.1) is 0 Å². The van der Waals surface area contributed by atoms with Gasteiger partial charge in [0.2, 0.25) is 10.0 Å². The Morgan fingerprint density at radius 1 is 1.33 bits per heavy atom. The molecule has 1 aromatic rings. The summed E-state index contributed by atoms with van der Waals surface area (Å²) in [6, 6.07) is 6.18. The number of cyclic esters (lactones) is 1. The second-order valence-electron chi connectivity index (χ2n) is 4.40. The van der Waals surface area contributed by atoms with Gasteiger partial charge in [0, 0.05) is 13.1 Å². The first kappa shape index (κ1) is 15.6. The highest BCUT2D eigenvalue weighted by atomic mass is 32.2. The summed E-state index contributed by atoms with van der Waals surface area (Å²) < 4.78 is 36.6. The molecule has 0 bridgehead atoms. The largest absolute Gasteiger partial charge is 0.494 e. The van der Waals surface area contributed by atoms with Gasteiger partial charge >= 0.3 is 6.09 Å². The lowest BCUT2D eigenvalue weighted by Crippen LogP contribution is -2.35. The Labute approximate surface area is 123 Å². The van der Waals surface area contributed by atoms with Gasteiger partial charge < -0.3 is 14.4 Å². The average Bonchev–Trinajstić information content (AvgIpc) is 2.85. The first-order chi connectivity index (χ1) is 10.0. The lowest BCUT2D eigenvalue weighted by molar-refractivity contribution is 0.159. The van der Waals surface area contributed by atoms with E-state index in [4.69, 9.17) is 9.47 Å². The van der Waals surface area contributed by atoms with Crippen LogP contribution < -0.4 is 9.46 Å². The SMILES string of the molecule is CCOc1ccc(S(=O)(=O)NCCN2CCOC2=O)cc1. The van der Waals surface area contributed by atoms with Crippen LogP contribution in [-0.4, -0.2) is 52.3 Å². The summed E-state index contributed by atoms with van der Waals surface area (Å²) in [6.45, 7) is 3.65. The molecular formula is C13H18N2O5S. The number of rotatable bonds is 7. The van der Waals surface area contributed by atoms with Crippen LogP contribution >= 0.6 is 0 Å². The molecular weight excluding hydrogens is 296 g/mol. The summed E-state index contributed by atoms with van der Waals surface area (Å²) in [5.74, 6) is 0.622. The van der Waals surface area contributed by atoms with Crippen LogP contribution in [0, 0.1) is 0 Å². The van der Waals surface area contributed by atoms with E-state index in [-0.39, 0.29) is 18.0 Å². The van der Waals surface area contributed by atoms with E-state index in [2.05, 4.69) is 4.72 Å². The van der Waals surface area contributed by atoms with Crippen LogP contribution in [0.5, 0.6) is 5.75 Å². The second-order valence-corrected chi connectivity index (χ2v) is 6.17. The fraction of sp³-hybridized carbons (Fsp3) is 0.462. The van der Waals surface area contributed by atoms with Gasteiger partial charge in [0.15, 0.2) is 0 Å². The lowest BCUT2D eigenvalue weighted by Gasteiger charge is -2.13. The average molecular weight is 314 g/mol. The Hall–Kier alpha value is -1.80. The molecule has 0 saturated carbocycles. The molecule has 0 atom stereocenters. The van der Waals surface area contributed by atoms with Crippen LogP contribution in [0.15, 0.2) is 29.2 Å². The number of ether oxygens (including phenoxy) is 2. The van der Waals surface area contributed by atoms with Crippen molar-refractivity contribution in [2.45, 2.75) is 11.8 Å². The van der Waals surface area contributed by atoms with E-state index in [1.807, 2.05) is 6.92 Å². The van der Waals surface area contributed by atoms with E-state index in [0.29, 0.717) is 25.5 Å². The summed E-state index contributed by atoms with van der Waals surface area (Å²) in [4.78, 5) is 12.8. The molecule has 0 spiro atoms. The first-order valence-corrected chi connectivity index (χ1v) is 8.15. The lowest BCUT2D eigenvalue weighted by atomic mass is 10.3. The van der Waals surface area contributed by atoms with E-state index in [1.54, 1.807) is 12.1 Å². The minimum Gasteiger partial charge on any atom is -0.494 e. The van der Waals surface area contributed by atoms with Crippen LogP contribution in [-0.2, 0) is 14.8 Å². The van der Waals surface area contributed by atoms with E-state index in [9.17, 15) is 13.2 Å². The Morgan fingerprint density at radius 2 is 2.05 bits per heavy atom. The van der Waals surface area contributed by atoms with E-state index in [0.717, 1.165) is 0 Å². The van der Waals surface area contributed by atoms with Crippen LogP contribution in [0.4, 0.5) is 4.79 Å². The van der Waals surface area contributed by atoms with Gasteiger partial charge in [-0.1, -0.05) is 0 Å². The standard InChI is InChI=1S/C13H18N2O5S/c1-2-19-11-3-5-12(6-4-11)21(17,18)14-7-8-15-9-10-20-13(15)16/h3-6,14H,2,7-10H2,1H3. The van der Waals surface area contributed by atoms with Crippen molar-refractivity contribution < 1.29 is 22.7 Å². The molecule has 8 heteroatoms. The maximum absolute atomic E-state index is 12.1. The predicted octanol–water partition coefficient (Wildman–Crippen LogP) is 0.816. The summed E-state index contributed by atoms with van der Waals surface area (Å²) in [5.41, 5.74) is 0. The maximum Gasteiger partial charge on any atom is 0.409 e. The van der Waals surface area contributed by atoms with Gasteiger partial charge in [-0.3, -0.25) is 0 Å². The van der Waals surface area contributed by atoms with Gasteiger partial charge in [-0.05, 0) is 31.2 Å². The Balaban J connectivity index is 1.90. The van der Waals surface area contributed by atoms with E-state index >= 15 is 0 Å². The molecule has 116 valence electrons. The molecule has 7 nitrogen and oxygen atoms in total. The molecule has 2 rings (SSSR count). The van der Waals surface area contributed by atoms with Crippen LogP contribution in [0.25, 0.3) is 0 Å². The minimum absolute atomic E-state index is 0.143. The summed E-state index contributed by atoms with van der Waals surface area (Å²) in [7, 11) is -3.59. The van der Waals surface area contributed by atoms with Gasteiger partial charge in [0.25, 0.3) is 0 Å². The number of nitrogens with zero attached hydrogens (tertiary/aromatic N) is 1. The zero-order chi connectivity index (χ0) is 15.3. The van der Waals surface area contributed by atoms with Crippen molar-refractivity contribution in [2.24, 2.45) is 0 Å². The quantitative estimate of drug-likeness (QED) is 0.805.